The van der Waals surface area contributed by atoms with Crippen molar-refractivity contribution in [2.24, 2.45) is 0 Å². The van der Waals surface area contributed by atoms with Gasteiger partial charge in [0.25, 0.3) is 0 Å². The predicted octanol–water partition coefficient (Wildman–Crippen LogP) is 3.89. The highest BCUT2D eigenvalue weighted by atomic mass is 19.1. The minimum atomic E-state index is -0.498. The first-order valence-electron chi connectivity index (χ1n) is 6.06. The van der Waals surface area contributed by atoms with E-state index in [-0.39, 0.29) is 16.9 Å². The Balaban J connectivity index is 2.25. The average molecular weight is 260 g/mol. The van der Waals surface area contributed by atoms with Crippen molar-refractivity contribution in [3.63, 3.8) is 0 Å². The highest BCUT2D eigenvalue weighted by molar-refractivity contribution is 5.54. The summed E-state index contributed by atoms with van der Waals surface area (Å²) in [5.74, 6) is -0.162. The quantitative estimate of drug-likeness (QED) is 0.833. The Morgan fingerprint density at radius 1 is 1.16 bits per heavy atom. The van der Waals surface area contributed by atoms with Crippen LogP contribution in [0.25, 0.3) is 0 Å². The van der Waals surface area contributed by atoms with Crippen LogP contribution in [0.4, 0.5) is 10.1 Å². The number of rotatable bonds is 2. The zero-order valence-electron chi connectivity index (χ0n) is 11.3. The van der Waals surface area contributed by atoms with Gasteiger partial charge in [0.1, 0.15) is 0 Å². The van der Waals surface area contributed by atoms with E-state index >= 15 is 0 Å². The summed E-state index contributed by atoms with van der Waals surface area (Å²) >= 11 is 0. The van der Waals surface area contributed by atoms with Gasteiger partial charge in [-0.05, 0) is 23.1 Å². The monoisotopic (exact) mass is 260 g/mol. The van der Waals surface area contributed by atoms with Crippen LogP contribution in [0.3, 0.4) is 0 Å². The lowest BCUT2D eigenvalue weighted by Crippen LogP contribution is -2.11. The molecule has 0 aliphatic carbocycles. The molecule has 0 spiro atoms. The standard InChI is InChI=1S/C15H17FN2O/c1-15(2,3)10-7-8-13(18-9-10)19-14-11(16)5-4-6-12(14)17/h4-9H,17H2,1-3H3. The summed E-state index contributed by atoms with van der Waals surface area (Å²) in [7, 11) is 0. The highest BCUT2D eigenvalue weighted by Crippen LogP contribution is 2.30. The van der Waals surface area contributed by atoms with Gasteiger partial charge in [-0.3, -0.25) is 0 Å². The number of hydrogen-bond donors (Lipinski definition) is 1. The first-order chi connectivity index (χ1) is 8.88. The fourth-order valence-electron chi connectivity index (χ4n) is 1.62. The molecule has 0 unspecified atom stereocenters. The Bertz CT molecular complexity index is 553. The number of nitrogens with zero attached hydrogens (tertiary/aromatic N) is 1. The Kier molecular flexibility index (Phi) is 3.42. The van der Waals surface area contributed by atoms with Crippen molar-refractivity contribution < 1.29 is 9.13 Å². The predicted molar refractivity (Wildman–Crippen MR) is 73.8 cm³/mol. The van der Waals surface area contributed by atoms with E-state index in [2.05, 4.69) is 25.8 Å². The molecule has 0 amide bonds. The molecule has 1 aromatic carbocycles. The zero-order valence-corrected chi connectivity index (χ0v) is 11.3. The smallest absolute Gasteiger partial charge is 0.219 e. The number of ether oxygens (including phenoxy) is 1. The summed E-state index contributed by atoms with van der Waals surface area (Å²) in [6.45, 7) is 6.29. The summed E-state index contributed by atoms with van der Waals surface area (Å²) in [5, 5.41) is 0. The maximum Gasteiger partial charge on any atom is 0.219 e. The van der Waals surface area contributed by atoms with Crippen molar-refractivity contribution in [2.75, 3.05) is 5.73 Å². The van der Waals surface area contributed by atoms with Crippen LogP contribution in [-0.4, -0.2) is 4.98 Å². The number of para-hydroxylation sites is 1. The molecule has 19 heavy (non-hydrogen) atoms. The summed E-state index contributed by atoms with van der Waals surface area (Å²) in [5.41, 5.74) is 7.03. The normalized spacial score (nSPS) is 11.4. The molecule has 0 bridgehead atoms. The van der Waals surface area contributed by atoms with E-state index in [1.165, 1.54) is 12.1 Å². The number of nitrogens with two attached hydrogens (primary N) is 1. The van der Waals surface area contributed by atoms with Gasteiger partial charge in [-0.2, -0.15) is 0 Å². The number of aromatic nitrogens is 1. The Morgan fingerprint density at radius 2 is 1.89 bits per heavy atom. The molecular weight excluding hydrogens is 243 g/mol. The molecule has 100 valence electrons. The lowest BCUT2D eigenvalue weighted by atomic mass is 9.88. The minimum absolute atomic E-state index is 0.0125. The van der Waals surface area contributed by atoms with Gasteiger partial charge in [-0.15, -0.1) is 0 Å². The molecular formula is C15H17FN2O. The molecule has 0 aliphatic heterocycles. The number of pyridine rings is 1. The first-order valence-corrected chi connectivity index (χ1v) is 6.06. The molecule has 0 fully saturated rings. The molecule has 2 rings (SSSR count). The number of halogens is 1. The zero-order chi connectivity index (χ0) is 14.0. The van der Waals surface area contributed by atoms with E-state index in [1.54, 1.807) is 18.3 Å². The molecule has 0 aliphatic rings. The Morgan fingerprint density at radius 3 is 2.42 bits per heavy atom. The van der Waals surface area contributed by atoms with Crippen LogP contribution in [0, 0.1) is 5.82 Å². The van der Waals surface area contributed by atoms with Crippen LogP contribution in [-0.2, 0) is 5.41 Å². The van der Waals surface area contributed by atoms with E-state index in [4.69, 9.17) is 10.5 Å². The van der Waals surface area contributed by atoms with Crippen LogP contribution in [0.1, 0.15) is 26.3 Å². The maximum absolute atomic E-state index is 13.6. The van der Waals surface area contributed by atoms with E-state index in [0.29, 0.717) is 5.88 Å². The van der Waals surface area contributed by atoms with E-state index in [1.807, 2.05) is 6.07 Å². The lowest BCUT2D eigenvalue weighted by molar-refractivity contribution is 0.428. The van der Waals surface area contributed by atoms with Gasteiger partial charge >= 0.3 is 0 Å². The van der Waals surface area contributed by atoms with Gasteiger partial charge in [0, 0.05) is 12.3 Å². The summed E-state index contributed by atoms with van der Waals surface area (Å²) in [6.07, 6.45) is 1.73. The molecule has 0 saturated heterocycles. The third-order valence-corrected chi connectivity index (χ3v) is 2.81. The molecule has 2 aromatic rings. The number of anilines is 1. The summed E-state index contributed by atoms with van der Waals surface area (Å²) in [4.78, 5) is 4.18. The van der Waals surface area contributed by atoms with Crippen LogP contribution < -0.4 is 10.5 Å². The van der Waals surface area contributed by atoms with E-state index < -0.39 is 5.82 Å². The molecule has 2 N–H and O–H groups in total. The van der Waals surface area contributed by atoms with Crippen molar-refractivity contribution >= 4 is 5.69 Å². The van der Waals surface area contributed by atoms with Crippen molar-refractivity contribution in [3.8, 4) is 11.6 Å². The maximum atomic E-state index is 13.6. The van der Waals surface area contributed by atoms with Gasteiger partial charge in [0.05, 0.1) is 5.69 Å². The number of benzene rings is 1. The molecule has 1 heterocycles. The average Bonchev–Trinajstić information content (AvgIpc) is 2.33. The summed E-state index contributed by atoms with van der Waals surface area (Å²) < 4.78 is 19.0. The fourth-order valence-corrected chi connectivity index (χ4v) is 1.62. The lowest BCUT2D eigenvalue weighted by Gasteiger charge is -2.18. The molecule has 4 heteroatoms. The van der Waals surface area contributed by atoms with Crippen LogP contribution in [0.2, 0.25) is 0 Å². The molecule has 0 saturated carbocycles. The molecule has 0 radical (unpaired) electrons. The van der Waals surface area contributed by atoms with Gasteiger partial charge in [0.15, 0.2) is 11.6 Å². The van der Waals surface area contributed by atoms with Crippen LogP contribution >= 0.6 is 0 Å². The van der Waals surface area contributed by atoms with Crippen molar-refractivity contribution in [1.82, 2.24) is 4.98 Å². The molecule has 1 aromatic heterocycles. The van der Waals surface area contributed by atoms with E-state index in [0.717, 1.165) is 5.56 Å². The van der Waals surface area contributed by atoms with Gasteiger partial charge < -0.3 is 10.5 Å². The number of nitrogen functional groups attached to an aromatic ring is 1. The first kappa shape index (κ1) is 13.3. The second-order valence-corrected chi connectivity index (χ2v) is 5.40. The Hall–Kier alpha value is -2.10. The minimum Gasteiger partial charge on any atom is -0.434 e. The van der Waals surface area contributed by atoms with E-state index in [9.17, 15) is 4.39 Å². The van der Waals surface area contributed by atoms with Crippen LogP contribution in [0.5, 0.6) is 11.6 Å². The topological polar surface area (TPSA) is 48.1 Å². The van der Waals surface area contributed by atoms with Gasteiger partial charge in [-0.1, -0.05) is 32.9 Å². The second kappa shape index (κ2) is 4.88. The Labute approximate surface area is 112 Å². The van der Waals surface area contributed by atoms with Gasteiger partial charge in [0.2, 0.25) is 5.88 Å². The fraction of sp³-hybridized carbons (Fsp3) is 0.267. The third kappa shape index (κ3) is 3.02. The van der Waals surface area contributed by atoms with Crippen molar-refractivity contribution in [3.05, 3.63) is 47.9 Å². The van der Waals surface area contributed by atoms with Gasteiger partial charge in [-0.25, -0.2) is 9.37 Å². The van der Waals surface area contributed by atoms with Crippen LogP contribution in [0.15, 0.2) is 36.5 Å². The second-order valence-electron chi connectivity index (χ2n) is 5.40. The summed E-state index contributed by atoms with van der Waals surface area (Å²) in [6, 6.07) is 8.05. The number of hydrogen-bond acceptors (Lipinski definition) is 3. The van der Waals surface area contributed by atoms with Crippen molar-refractivity contribution in [1.29, 1.82) is 0 Å². The SMILES string of the molecule is CC(C)(C)c1ccc(Oc2c(N)cccc2F)nc1. The van der Waals surface area contributed by atoms with Crippen molar-refractivity contribution in [2.45, 2.75) is 26.2 Å². The molecule has 0 atom stereocenters. The third-order valence-electron chi connectivity index (χ3n) is 2.81. The molecule has 3 nitrogen and oxygen atoms in total. The highest BCUT2D eigenvalue weighted by Gasteiger charge is 2.15. The largest absolute Gasteiger partial charge is 0.434 e.